The lowest BCUT2D eigenvalue weighted by atomic mass is 9.96. The van der Waals surface area contributed by atoms with Crippen LogP contribution in [0.4, 0.5) is 0 Å². The third-order valence-corrected chi connectivity index (χ3v) is 7.28. The van der Waals surface area contributed by atoms with Crippen LogP contribution in [0.5, 0.6) is 11.5 Å². The Hall–Kier alpha value is -3.86. The van der Waals surface area contributed by atoms with Crippen LogP contribution in [0.3, 0.4) is 0 Å². The van der Waals surface area contributed by atoms with Gasteiger partial charge in [-0.2, -0.15) is 5.26 Å². The second-order valence-electron chi connectivity index (χ2n) is 9.37. The molecule has 1 N–H and O–H groups in total. The van der Waals surface area contributed by atoms with Crippen molar-refractivity contribution in [2.45, 2.75) is 38.5 Å². The number of ether oxygens (including phenoxy) is 3. The molecule has 3 aromatic rings. The van der Waals surface area contributed by atoms with Crippen molar-refractivity contribution in [2.75, 3.05) is 26.9 Å². The van der Waals surface area contributed by atoms with Crippen LogP contribution in [0.15, 0.2) is 54.6 Å². The summed E-state index contributed by atoms with van der Waals surface area (Å²) in [5.74, 6) is 0.588. The summed E-state index contributed by atoms with van der Waals surface area (Å²) in [6.07, 6.45) is 2.79. The molecule has 0 unspecified atom stereocenters. The van der Waals surface area contributed by atoms with E-state index in [-0.39, 0.29) is 13.2 Å². The molecule has 0 radical (unpaired) electrons. The van der Waals surface area contributed by atoms with Crippen molar-refractivity contribution < 1.29 is 24.1 Å². The number of nitriles is 1. The molecule has 0 spiro atoms. The molecule has 1 aliphatic carbocycles. The van der Waals surface area contributed by atoms with Gasteiger partial charge >= 0.3 is 5.97 Å². The fraction of sp³-hybridized carbons (Fsp3) is 0.333. The van der Waals surface area contributed by atoms with E-state index in [1.165, 1.54) is 5.56 Å². The van der Waals surface area contributed by atoms with E-state index in [4.69, 9.17) is 14.2 Å². The first-order valence-corrected chi connectivity index (χ1v) is 12.6. The van der Waals surface area contributed by atoms with Crippen LogP contribution < -0.4 is 9.47 Å². The average molecular weight is 499 g/mol. The smallest absolute Gasteiger partial charge is 0.323 e. The second kappa shape index (κ2) is 11.0. The lowest BCUT2D eigenvalue weighted by Crippen LogP contribution is -2.49. The number of carbonyl (C=O) groups is 1. The molecular formula is C30H30N2O5. The normalized spacial score (nSPS) is 17.1. The molecule has 2 aliphatic rings. The van der Waals surface area contributed by atoms with Crippen LogP contribution >= 0.6 is 0 Å². The van der Waals surface area contributed by atoms with Gasteiger partial charge in [-0.15, -0.1) is 0 Å². The summed E-state index contributed by atoms with van der Waals surface area (Å²) in [6.45, 7) is 2.01. The van der Waals surface area contributed by atoms with Gasteiger partial charge in [0.05, 0.1) is 25.9 Å². The Morgan fingerprint density at radius 3 is 2.70 bits per heavy atom. The van der Waals surface area contributed by atoms with Crippen molar-refractivity contribution in [3.05, 3.63) is 82.4 Å². The number of carboxylic acid groups (broad SMARTS) is 1. The van der Waals surface area contributed by atoms with Gasteiger partial charge in [0, 0.05) is 30.3 Å². The highest BCUT2D eigenvalue weighted by Gasteiger charge is 2.32. The minimum Gasteiger partial charge on any atom is -0.496 e. The van der Waals surface area contributed by atoms with Crippen molar-refractivity contribution in [1.82, 2.24) is 4.90 Å². The highest BCUT2D eigenvalue weighted by Crippen LogP contribution is 2.40. The fourth-order valence-electron chi connectivity index (χ4n) is 5.40. The number of hydrogen-bond acceptors (Lipinski definition) is 6. The first-order chi connectivity index (χ1) is 18.1. The highest BCUT2D eigenvalue weighted by molar-refractivity contribution is 5.74. The Kier molecular flexibility index (Phi) is 7.40. The van der Waals surface area contributed by atoms with Crippen LogP contribution in [-0.2, 0) is 35.5 Å². The largest absolute Gasteiger partial charge is 0.496 e. The molecule has 3 aromatic carbocycles. The SMILES string of the molecule is COc1cc(OCc2cccc(-c3ccccc3)c2C#N)c2c(c1CN1CCOC[C@H]1C(=O)O)CCC2. The van der Waals surface area contributed by atoms with E-state index in [9.17, 15) is 15.2 Å². The average Bonchev–Trinajstić information content (AvgIpc) is 3.43. The third kappa shape index (κ3) is 5.04. The van der Waals surface area contributed by atoms with E-state index in [2.05, 4.69) is 6.07 Å². The maximum absolute atomic E-state index is 11.8. The van der Waals surface area contributed by atoms with E-state index in [1.54, 1.807) is 7.11 Å². The molecule has 190 valence electrons. The Morgan fingerprint density at radius 1 is 1.14 bits per heavy atom. The Balaban J connectivity index is 1.43. The number of hydrogen-bond donors (Lipinski definition) is 1. The highest BCUT2D eigenvalue weighted by atomic mass is 16.5. The van der Waals surface area contributed by atoms with E-state index in [0.29, 0.717) is 31.0 Å². The number of rotatable bonds is 8. The molecule has 7 heteroatoms. The van der Waals surface area contributed by atoms with Crippen molar-refractivity contribution in [3.8, 4) is 28.7 Å². The summed E-state index contributed by atoms with van der Waals surface area (Å²) in [5, 5.41) is 19.6. The number of fused-ring (bicyclic) bond motifs is 1. The molecule has 1 saturated heterocycles. The zero-order valence-corrected chi connectivity index (χ0v) is 20.9. The monoisotopic (exact) mass is 498 g/mol. The molecule has 7 nitrogen and oxygen atoms in total. The number of benzene rings is 3. The van der Waals surface area contributed by atoms with Gasteiger partial charge in [-0.25, -0.2) is 0 Å². The predicted octanol–water partition coefficient (Wildman–Crippen LogP) is 4.59. The van der Waals surface area contributed by atoms with Gasteiger partial charge in [-0.05, 0) is 41.5 Å². The Labute approximate surface area is 216 Å². The first kappa shape index (κ1) is 24.8. The van der Waals surface area contributed by atoms with Crippen LogP contribution in [0.25, 0.3) is 11.1 Å². The molecule has 5 rings (SSSR count). The van der Waals surface area contributed by atoms with E-state index in [0.717, 1.165) is 52.8 Å². The van der Waals surface area contributed by atoms with Crippen molar-refractivity contribution in [2.24, 2.45) is 0 Å². The van der Waals surface area contributed by atoms with Crippen LogP contribution in [0, 0.1) is 11.3 Å². The molecular weight excluding hydrogens is 468 g/mol. The summed E-state index contributed by atoms with van der Waals surface area (Å²) in [7, 11) is 1.63. The summed E-state index contributed by atoms with van der Waals surface area (Å²) in [6, 6.07) is 19.4. The van der Waals surface area contributed by atoms with Gasteiger partial charge in [0.15, 0.2) is 0 Å². The molecule has 0 saturated carbocycles. The van der Waals surface area contributed by atoms with Crippen LogP contribution in [-0.4, -0.2) is 48.9 Å². The van der Waals surface area contributed by atoms with E-state index >= 15 is 0 Å². The zero-order chi connectivity index (χ0) is 25.8. The summed E-state index contributed by atoms with van der Waals surface area (Å²) in [4.78, 5) is 13.7. The Morgan fingerprint density at radius 2 is 1.95 bits per heavy atom. The van der Waals surface area contributed by atoms with Gasteiger partial charge in [0.2, 0.25) is 0 Å². The fourth-order valence-corrected chi connectivity index (χ4v) is 5.40. The van der Waals surface area contributed by atoms with Gasteiger partial charge in [0.25, 0.3) is 0 Å². The number of morpholine rings is 1. The second-order valence-corrected chi connectivity index (χ2v) is 9.37. The lowest BCUT2D eigenvalue weighted by molar-refractivity contribution is -0.150. The molecule has 1 atom stereocenters. The van der Waals surface area contributed by atoms with Crippen molar-refractivity contribution in [1.29, 1.82) is 5.26 Å². The Bertz CT molecular complexity index is 1330. The maximum Gasteiger partial charge on any atom is 0.323 e. The minimum atomic E-state index is -0.874. The molecule has 0 aromatic heterocycles. The molecule has 1 aliphatic heterocycles. The number of aliphatic carboxylic acids is 1. The topological polar surface area (TPSA) is 92.0 Å². The summed E-state index contributed by atoms with van der Waals surface area (Å²) in [5.41, 5.74) is 6.69. The molecule has 0 bridgehead atoms. The minimum absolute atomic E-state index is 0.185. The number of nitrogens with zero attached hydrogens (tertiary/aromatic N) is 2. The molecule has 37 heavy (non-hydrogen) atoms. The standard InChI is InChI=1S/C30H30N2O5/c1-35-28-15-29(37-18-21-9-5-10-22(25(21)16-31)20-7-3-2-4-8-20)24-12-6-11-23(24)26(28)17-32-13-14-36-19-27(32)30(33)34/h2-5,7-10,15,27H,6,11-14,17-19H2,1H3,(H,33,34)/t27-/m0/s1. The summed E-state index contributed by atoms with van der Waals surface area (Å²) >= 11 is 0. The zero-order valence-electron chi connectivity index (χ0n) is 20.9. The quantitative estimate of drug-likeness (QED) is 0.486. The number of carboxylic acids is 1. The van der Waals surface area contributed by atoms with Crippen molar-refractivity contribution >= 4 is 5.97 Å². The maximum atomic E-state index is 11.8. The molecule has 1 heterocycles. The first-order valence-electron chi connectivity index (χ1n) is 12.6. The van der Waals surface area contributed by atoms with E-state index in [1.807, 2.05) is 59.5 Å². The van der Waals surface area contributed by atoms with Gasteiger partial charge in [-0.3, -0.25) is 9.69 Å². The van der Waals surface area contributed by atoms with Crippen LogP contribution in [0.2, 0.25) is 0 Å². The molecule has 0 amide bonds. The third-order valence-electron chi connectivity index (χ3n) is 7.28. The van der Waals surface area contributed by atoms with Crippen LogP contribution in [0.1, 0.15) is 34.2 Å². The van der Waals surface area contributed by atoms with Crippen molar-refractivity contribution in [3.63, 3.8) is 0 Å². The summed E-state index contributed by atoms with van der Waals surface area (Å²) < 4.78 is 17.6. The van der Waals surface area contributed by atoms with Gasteiger partial charge < -0.3 is 19.3 Å². The lowest BCUT2D eigenvalue weighted by Gasteiger charge is -2.33. The van der Waals surface area contributed by atoms with Gasteiger partial charge in [0.1, 0.15) is 30.2 Å². The van der Waals surface area contributed by atoms with E-state index < -0.39 is 12.0 Å². The van der Waals surface area contributed by atoms with Gasteiger partial charge in [-0.1, -0.05) is 48.5 Å². The number of methoxy groups -OCH3 is 1. The predicted molar refractivity (Wildman–Crippen MR) is 139 cm³/mol. The molecule has 1 fully saturated rings.